The number of methoxy groups -OCH3 is 2. The third-order valence-corrected chi connectivity index (χ3v) is 6.41. The number of anilines is 1. The number of amides is 2. The van der Waals surface area contributed by atoms with Crippen LogP contribution in [-0.4, -0.2) is 56.7 Å². The molecule has 2 aromatic carbocycles. The van der Waals surface area contributed by atoms with Crippen LogP contribution in [0, 0.1) is 0 Å². The Morgan fingerprint density at radius 3 is 2.56 bits per heavy atom. The van der Waals surface area contributed by atoms with Gasteiger partial charge in [0.2, 0.25) is 5.91 Å². The van der Waals surface area contributed by atoms with Crippen molar-refractivity contribution < 1.29 is 28.5 Å². The van der Waals surface area contributed by atoms with Gasteiger partial charge in [0.1, 0.15) is 13.2 Å². The van der Waals surface area contributed by atoms with Crippen LogP contribution in [0.15, 0.2) is 30.3 Å². The van der Waals surface area contributed by atoms with Gasteiger partial charge >= 0.3 is 0 Å². The van der Waals surface area contributed by atoms with Crippen molar-refractivity contribution in [3.8, 4) is 23.0 Å². The van der Waals surface area contributed by atoms with Gasteiger partial charge in [-0.3, -0.25) is 9.59 Å². The van der Waals surface area contributed by atoms with Crippen molar-refractivity contribution in [1.29, 1.82) is 0 Å². The van der Waals surface area contributed by atoms with Crippen LogP contribution in [0.25, 0.3) is 0 Å². The molecule has 1 saturated heterocycles. The second-order valence-corrected chi connectivity index (χ2v) is 8.18. The summed E-state index contributed by atoms with van der Waals surface area (Å²) in [6.45, 7) is 1.63. The predicted octanol–water partition coefficient (Wildman–Crippen LogP) is 3.21. The Bertz CT molecular complexity index is 1070. The number of hydrogen-bond acceptors (Lipinski definition) is 6. The lowest BCUT2D eigenvalue weighted by molar-refractivity contribution is -0.119. The van der Waals surface area contributed by atoms with Gasteiger partial charge in [-0.25, -0.2) is 0 Å². The Hall–Kier alpha value is -3.42. The molecular weight excluding hydrogens is 412 g/mol. The molecule has 8 heteroatoms. The number of carbonyl (C=O) groups excluding carboxylic acids is 2. The highest BCUT2D eigenvalue weighted by atomic mass is 16.6. The highest BCUT2D eigenvalue weighted by Crippen LogP contribution is 2.43. The van der Waals surface area contributed by atoms with Gasteiger partial charge in [-0.1, -0.05) is 0 Å². The Morgan fingerprint density at radius 2 is 1.78 bits per heavy atom. The summed E-state index contributed by atoms with van der Waals surface area (Å²) in [5, 5.41) is 3.03. The number of nitrogens with zero attached hydrogens (tertiary/aromatic N) is 1. The zero-order valence-corrected chi connectivity index (χ0v) is 18.2. The number of nitrogens with one attached hydrogen (secondary N) is 1. The van der Waals surface area contributed by atoms with Gasteiger partial charge < -0.3 is 29.2 Å². The van der Waals surface area contributed by atoms with E-state index in [1.54, 1.807) is 37.4 Å². The van der Waals surface area contributed by atoms with Gasteiger partial charge in [0, 0.05) is 29.9 Å². The molecule has 2 atom stereocenters. The standard InChI is InChI=1S/C24H26N2O6/c1-29-19-12-15-16(13-20(19)30-2)24(28)26-8-4-3-5-17(26)22(15)23(27)25-14-6-7-18-21(11-14)32-10-9-31-18/h6-7,11-13,17,22H,3-5,8-10H2,1-2H3,(H,25,27). The van der Waals surface area contributed by atoms with Crippen molar-refractivity contribution in [1.82, 2.24) is 4.90 Å². The van der Waals surface area contributed by atoms with Gasteiger partial charge in [-0.2, -0.15) is 0 Å². The fourth-order valence-electron chi connectivity index (χ4n) is 4.91. The fraction of sp³-hybridized carbons (Fsp3) is 0.417. The van der Waals surface area contributed by atoms with Crippen molar-refractivity contribution in [2.75, 3.05) is 39.3 Å². The molecule has 1 N–H and O–H groups in total. The lowest BCUT2D eigenvalue weighted by Crippen LogP contribution is -2.53. The first kappa shape index (κ1) is 20.5. The minimum Gasteiger partial charge on any atom is -0.493 e. The van der Waals surface area contributed by atoms with Crippen LogP contribution in [0.2, 0.25) is 0 Å². The van der Waals surface area contributed by atoms with Gasteiger partial charge in [-0.15, -0.1) is 0 Å². The Balaban J connectivity index is 1.53. The number of benzene rings is 2. The number of hydrogen-bond donors (Lipinski definition) is 1. The van der Waals surface area contributed by atoms with E-state index in [2.05, 4.69) is 5.32 Å². The van der Waals surface area contributed by atoms with E-state index in [1.807, 2.05) is 4.90 Å². The zero-order valence-electron chi connectivity index (χ0n) is 18.2. The van der Waals surface area contributed by atoms with Crippen LogP contribution in [0.4, 0.5) is 5.69 Å². The first-order valence-electron chi connectivity index (χ1n) is 10.9. The summed E-state index contributed by atoms with van der Waals surface area (Å²) < 4.78 is 22.1. The first-order valence-corrected chi connectivity index (χ1v) is 10.9. The zero-order chi connectivity index (χ0) is 22.2. The summed E-state index contributed by atoms with van der Waals surface area (Å²) in [7, 11) is 3.08. The van der Waals surface area contributed by atoms with Gasteiger partial charge in [0.25, 0.3) is 5.91 Å². The molecule has 0 spiro atoms. The lowest BCUT2D eigenvalue weighted by Gasteiger charge is -2.44. The third kappa shape index (κ3) is 3.39. The van der Waals surface area contributed by atoms with E-state index in [0.29, 0.717) is 59.6 Å². The summed E-state index contributed by atoms with van der Waals surface area (Å²) >= 11 is 0. The molecule has 2 amide bonds. The highest BCUT2D eigenvalue weighted by molar-refractivity contribution is 6.05. The molecular formula is C24H26N2O6. The van der Waals surface area contributed by atoms with E-state index in [4.69, 9.17) is 18.9 Å². The largest absolute Gasteiger partial charge is 0.493 e. The number of ether oxygens (including phenoxy) is 4. The van der Waals surface area contributed by atoms with Crippen LogP contribution in [0.3, 0.4) is 0 Å². The maximum Gasteiger partial charge on any atom is 0.254 e. The average Bonchev–Trinajstić information content (AvgIpc) is 2.83. The number of carbonyl (C=O) groups is 2. The molecule has 0 saturated carbocycles. The summed E-state index contributed by atoms with van der Waals surface area (Å²) in [5.74, 6) is 1.50. The Morgan fingerprint density at radius 1 is 1.03 bits per heavy atom. The summed E-state index contributed by atoms with van der Waals surface area (Å²) in [6, 6.07) is 8.63. The van der Waals surface area contributed by atoms with E-state index in [0.717, 1.165) is 19.3 Å². The molecule has 3 aliphatic rings. The lowest BCUT2D eigenvalue weighted by atomic mass is 9.78. The van der Waals surface area contributed by atoms with Crippen LogP contribution in [0.5, 0.6) is 23.0 Å². The van der Waals surface area contributed by atoms with E-state index < -0.39 is 5.92 Å². The van der Waals surface area contributed by atoms with E-state index >= 15 is 0 Å². The molecule has 3 heterocycles. The van der Waals surface area contributed by atoms with Gasteiger partial charge in [-0.05, 0) is 49.1 Å². The normalized spacial score (nSPS) is 21.3. The van der Waals surface area contributed by atoms with Crippen molar-refractivity contribution >= 4 is 17.5 Å². The maximum atomic E-state index is 13.6. The number of fused-ring (bicyclic) bond motifs is 3. The fourth-order valence-corrected chi connectivity index (χ4v) is 4.91. The van der Waals surface area contributed by atoms with Crippen LogP contribution >= 0.6 is 0 Å². The average molecular weight is 438 g/mol. The second-order valence-electron chi connectivity index (χ2n) is 8.18. The molecule has 2 aromatic rings. The van der Waals surface area contributed by atoms with Crippen molar-refractivity contribution in [2.45, 2.75) is 31.2 Å². The Kier molecular flexibility index (Phi) is 5.28. The van der Waals surface area contributed by atoms with Crippen molar-refractivity contribution in [3.63, 3.8) is 0 Å². The molecule has 168 valence electrons. The third-order valence-electron chi connectivity index (χ3n) is 6.41. The second kappa shape index (κ2) is 8.26. The van der Waals surface area contributed by atoms with Gasteiger partial charge in [0.05, 0.1) is 20.1 Å². The van der Waals surface area contributed by atoms with Crippen molar-refractivity contribution in [2.24, 2.45) is 0 Å². The van der Waals surface area contributed by atoms with Crippen LogP contribution in [0.1, 0.15) is 41.1 Å². The predicted molar refractivity (Wildman–Crippen MR) is 117 cm³/mol. The molecule has 8 nitrogen and oxygen atoms in total. The number of rotatable bonds is 4. The van der Waals surface area contributed by atoms with Crippen LogP contribution < -0.4 is 24.3 Å². The Labute approximate surface area is 186 Å². The number of piperidine rings is 1. The molecule has 2 unspecified atom stereocenters. The summed E-state index contributed by atoms with van der Waals surface area (Å²) in [6.07, 6.45) is 2.69. The van der Waals surface area contributed by atoms with E-state index in [9.17, 15) is 9.59 Å². The molecule has 32 heavy (non-hydrogen) atoms. The topological polar surface area (TPSA) is 86.3 Å². The first-order chi connectivity index (χ1) is 15.6. The quantitative estimate of drug-likeness (QED) is 0.789. The smallest absolute Gasteiger partial charge is 0.254 e. The molecule has 0 aliphatic carbocycles. The summed E-state index contributed by atoms with van der Waals surface area (Å²) in [4.78, 5) is 28.7. The molecule has 0 radical (unpaired) electrons. The molecule has 5 rings (SSSR count). The van der Waals surface area contributed by atoms with E-state index in [-0.39, 0.29) is 17.9 Å². The molecule has 0 bridgehead atoms. The molecule has 0 aromatic heterocycles. The highest BCUT2D eigenvalue weighted by Gasteiger charge is 2.45. The maximum absolute atomic E-state index is 13.6. The molecule has 1 fully saturated rings. The minimum absolute atomic E-state index is 0.0611. The SMILES string of the molecule is COc1cc2c(cc1OC)C(C(=O)Nc1ccc3c(c1)OCCO3)C1CCCCN1C2=O. The van der Waals surface area contributed by atoms with Crippen molar-refractivity contribution in [3.05, 3.63) is 41.5 Å². The minimum atomic E-state index is -0.518. The van der Waals surface area contributed by atoms with Gasteiger partial charge in [0.15, 0.2) is 23.0 Å². The molecule has 3 aliphatic heterocycles. The van der Waals surface area contributed by atoms with E-state index in [1.165, 1.54) is 7.11 Å². The summed E-state index contributed by atoms with van der Waals surface area (Å²) in [5.41, 5.74) is 1.79. The monoisotopic (exact) mass is 438 g/mol. The van der Waals surface area contributed by atoms with Crippen LogP contribution in [-0.2, 0) is 4.79 Å².